The normalized spacial score (nSPS) is 10.2. The fourth-order valence-corrected chi connectivity index (χ4v) is 11.6. The van der Waals surface area contributed by atoms with Crippen LogP contribution in [-0.4, -0.2) is 24.7 Å². The molecule has 1 nitrogen and oxygen atoms in total. The second kappa shape index (κ2) is 15.5. The van der Waals surface area contributed by atoms with Crippen molar-refractivity contribution in [3.8, 4) is 0 Å². The SMILES string of the molecule is CCC[CH2][Sn]([CH2]CCC)[CH2]CCC.c1cscn1. The van der Waals surface area contributed by atoms with Crippen LogP contribution in [0.15, 0.2) is 17.1 Å². The second-order valence-corrected chi connectivity index (χ2v) is 14.1. The molecule has 0 bridgehead atoms. The number of hydrogen-bond acceptors (Lipinski definition) is 2. The standard InChI is InChI=1S/3C4H9.C3H3NS.Sn/c3*1-3-4-2;1-2-5-3-4-1;/h3*1,3-4H2,2H3;1-3H;. The molecule has 18 heavy (non-hydrogen) atoms. The van der Waals surface area contributed by atoms with Crippen molar-refractivity contribution in [2.24, 2.45) is 0 Å². The summed E-state index contributed by atoms with van der Waals surface area (Å²) in [6, 6.07) is 0. The van der Waals surface area contributed by atoms with E-state index in [4.69, 9.17) is 0 Å². The molecule has 0 amide bonds. The average molecular weight is 375 g/mol. The summed E-state index contributed by atoms with van der Waals surface area (Å²) >= 11 is 0.763. The minimum atomic E-state index is -0.839. The Morgan fingerprint density at radius 3 is 1.61 bits per heavy atom. The zero-order chi connectivity index (χ0) is 13.5. The molecule has 0 spiro atoms. The predicted octanol–water partition coefficient (Wildman–Crippen LogP) is 6.02. The van der Waals surface area contributed by atoms with Crippen molar-refractivity contribution in [2.45, 2.75) is 72.6 Å². The molecular weight excluding hydrogens is 345 g/mol. The van der Waals surface area contributed by atoms with Gasteiger partial charge in [0.05, 0.1) is 5.51 Å². The fourth-order valence-electron chi connectivity index (χ4n) is 1.83. The van der Waals surface area contributed by atoms with E-state index in [0.29, 0.717) is 0 Å². The summed E-state index contributed by atoms with van der Waals surface area (Å²) in [4.78, 5) is 3.74. The van der Waals surface area contributed by atoms with Gasteiger partial charge in [-0.25, -0.2) is 0 Å². The first kappa shape index (κ1) is 18.4. The first-order valence-corrected chi connectivity index (χ1v) is 14.5. The van der Waals surface area contributed by atoms with E-state index in [9.17, 15) is 0 Å². The first-order chi connectivity index (χ1) is 8.85. The number of aromatic nitrogens is 1. The van der Waals surface area contributed by atoms with Crippen LogP contribution in [0.25, 0.3) is 0 Å². The van der Waals surface area contributed by atoms with E-state index >= 15 is 0 Å². The van der Waals surface area contributed by atoms with Crippen molar-refractivity contribution < 1.29 is 0 Å². The minimum Gasteiger partial charge on any atom is -0.253 e. The van der Waals surface area contributed by atoms with Crippen molar-refractivity contribution >= 4 is 31.1 Å². The topological polar surface area (TPSA) is 12.9 Å². The van der Waals surface area contributed by atoms with Crippen LogP contribution in [0.2, 0.25) is 13.3 Å². The van der Waals surface area contributed by atoms with Crippen molar-refractivity contribution in [3.63, 3.8) is 0 Å². The Bertz CT molecular complexity index is 190. The molecule has 0 aliphatic heterocycles. The number of hydrogen-bond donors (Lipinski definition) is 0. The van der Waals surface area contributed by atoms with Crippen molar-refractivity contribution in [1.29, 1.82) is 0 Å². The average Bonchev–Trinajstić information content (AvgIpc) is 2.97. The van der Waals surface area contributed by atoms with Crippen molar-refractivity contribution in [3.05, 3.63) is 17.1 Å². The van der Waals surface area contributed by atoms with Gasteiger partial charge in [0, 0.05) is 11.6 Å². The van der Waals surface area contributed by atoms with E-state index in [2.05, 4.69) is 25.8 Å². The van der Waals surface area contributed by atoms with E-state index in [1.165, 1.54) is 38.5 Å². The quantitative estimate of drug-likeness (QED) is 0.481. The third kappa shape index (κ3) is 12.9. The third-order valence-corrected chi connectivity index (χ3v) is 12.6. The molecule has 0 unspecified atom stereocenters. The van der Waals surface area contributed by atoms with E-state index < -0.39 is 19.8 Å². The molecule has 0 saturated heterocycles. The predicted molar refractivity (Wildman–Crippen MR) is 87.0 cm³/mol. The maximum atomic E-state index is 3.74. The zero-order valence-corrected chi connectivity index (χ0v) is 16.1. The van der Waals surface area contributed by atoms with Crippen molar-refractivity contribution in [2.75, 3.05) is 0 Å². The molecule has 1 rings (SSSR count). The van der Waals surface area contributed by atoms with Crippen LogP contribution < -0.4 is 0 Å². The van der Waals surface area contributed by atoms with Gasteiger partial charge in [0.1, 0.15) is 0 Å². The molecule has 1 aromatic rings. The van der Waals surface area contributed by atoms with Crippen LogP contribution in [0.4, 0.5) is 0 Å². The maximum absolute atomic E-state index is 3.74. The molecule has 0 aliphatic rings. The summed E-state index contributed by atoms with van der Waals surface area (Å²) < 4.78 is 5.04. The first-order valence-electron chi connectivity index (χ1n) is 7.50. The Morgan fingerprint density at radius 1 is 0.889 bits per heavy atom. The Morgan fingerprint density at radius 2 is 1.39 bits per heavy atom. The van der Waals surface area contributed by atoms with Gasteiger partial charge in [0.25, 0.3) is 0 Å². The smallest absolute Gasteiger partial charge is 0.0791 e. The molecule has 1 radical (unpaired) electrons. The molecule has 0 saturated carbocycles. The van der Waals surface area contributed by atoms with Gasteiger partial charge in [0.15, 0.2) is 0 Å². The minimum absolute atomic E-state index is 0.839. The van der Waals surface area contributed by atoms with Crippen molar-refractivity contribution in [1.82, 2.24) is 4.98 Å². The Balaban J connectivity index is 0.000000473. The van der Waals surface area contributed by atoms with E-state index in [1.54, 1.807) is 36.4 Å². The van der Waals surface area contributed by atoms with Crippen LogP contribution in [0, 0.1) is 0 Å². The summed E-state index contributed by atoms with van der Waals surface area (Å²) in [6.07, 6.45) is 10.6. The summed E-state index contributed by atoms with van der Waals surface area (Å²) in [5.74, 6) is 0. The third-order valence-electron chi connectivity index (χ3n) is 3.00. The molecule has 0 N–H and O–H groups in total. The van der Waals surface area contributed by atoms with Gasteiger partial charge < -0.3 is 0 Å². The number of thiazole rings is 1. The van der Waals surface area contributed by atoms with Gasteiger partial charge in [-0.15, -0.1) is 11.3 Å². The molecule has 3 heteroatoms. The summed E-state index contributed by atoms with van der Waals surface area (Å²) in [5.41, 5.74) is 1.79. The largest absolute Gasteiger partial charge is 0.253 e. The zero-order valence-electron chi connectivity index (χ0n) is 12.5. The molecular formula is C15H30NSSn. The number of rotatable bonds is 9. The summed E-state index contributed by atoms with van der Waals surface area (Å²) in [6.45, 7) is 7.00. The molecule has 1 heterocycles. The van der Waals surface area contributed by atoms with Gasteiger partial charge in [-0.3, -0.25) is 4.98 Å². The Kier molecular flexibility index (Phi) is 15.9. The van der Waals surface area contributed by atoms with E-state index in [-0.39, 0.29) is 0 Å². The van der Waals surface area contributed by atoms with Crippen LogP contribution in [-0.2, 0) is 0 Å². The monoisotopic (exact) mass is 376 g/mol. The van der Waals surface area contributed by atoms with Crippen LogP contribution in [0.3, 0.4) is 0 Å². The molecule has 0 aromatic carbocycles. The van der Waals surface area contributed by atoms with Gasteiger partial charge >= 0.3 is 92.4 Å². The molecule has 1 aromatic heterocycles. The van der Waals surface area contributed by atoms with Gasteiger partial charge in [0.2, 0.25) is 0 Å². The number of nitrogens with zero attached hydrogens (tertiary/aromatic N) is 1. The number of unbranched alkanes of at least 4 members (excludes halogenated alkanes) is 3. The van der Waals surface area contributed by atoms with E-state index in [0.717, 1.165) is 0 Å². The van der Waals surface area contributed by atoms with E-state index in [1.807, 2.05) is 5.38 Å². The van der Waals surface area contributed by atoms with Crippen LogP contribution >= 0.6 is 11.3 Å². The summed E-state index contributed by atoms with van der Waals surface area (Å²) in [5, 5.41) is 1.93. The Labute approximate surface area is 125 Å². The summed E-state index contributed by atoms with van der Waals surface area (Å²) in [7, 11) is 0. The molecule has 0 aliphatic carbocycles. The van der Waals surface area contributed by atoms with Gasteiger partial charge in [-0.2, -0.15) is 0 Å². The van der Waals surface area contributed by atoms with Crippen LogP contribution in [0.5, 0.6) is 0 Å². The molecule has 0 fully saturated rings. The van der Waals surface area contributed by atoms with Crippen LogP contribution in [0.1, 0.15) is 59.3 Å². The molecule has 0 atom stereocenters. The Hall–Kier alpha value is 0.429. The fraction of sp³-hybridized carbons (Fsp3) is 0.800. The van der Waals surface area contributed by atoms with Gasteiger partial charge in [-0.1, -0.05) is 0 Å². The maximum Gasteiger partial charge on any atom is 0.0791 e. The van der Waals surface area contributed by atoms with Gasteiger partial charge in [-0.05, 0) is 0 Å². The second-order valence-electron chi connectivity index (χ2n) is 4.74. The molecule has 105 valence electrons.